The van der Waals surface area contributed by atoms with Crippen LogP contribution in [0.3, 0.4) is 0 Å². The second-order valence-electron chi connectivity index (χ2n) is 3.87. The van der Waals surface area contributed by atoms with Crippen LogP contribution in [0.5, 0.6) is 5.75 Å². The quantitative estimate of drug-likeness (QED) is 0.883. The molecule has 1 heterocycles. The second-order valence-corrected chi connectivity index (χ2v) is 4.72. The van der Waals surface area contributed by atoms with Crippen LogP contribution in [0.4, 0.5) is 0 Å². The summed E-state index contributed by atoms with van der Waals surface area (Å²) in [7, 11) is 0. The minimum atomic E-state index is 0.439. The minimum absolute atomic E-state index is 0.439. The highest BCUT2D eigenvalue weighted by atomic mass is 79.9. The van der Waals surface area contributed by atoms with Gasteiger partial charge in [-0.1, -0.05) is 19.1 Å². The van der Waals surface area contributed by atoms with E-state index in [-0.39, 0.29) is 0 Å². The SMILES string of the molecule is CCNCc1ccc(COc2ccccc2Br)o1. The van der Waals surface area contributed by atoms with E-state index in [1.165, 1.54) is 0 Å². The number of hydrogen-bond acceptors (Lipinski definition) is 3. The lowest BCUT2D eigenvalue weighted by molar-refractivity contribution is 0.263. The summed E-state index contributed by atoms with van der Waals surface area (Å²) in [5.74, 6) is 2.59. The van der Waals surface area contributed by atoms with Crippen molar-refractivity contribution < 1.29 is 9.15 Å². The molecule has 0 spiro atoms. The van der Waals surface area contributed by atoms with E-state index in [0.29, 0.717) is 6.61 Å². The number of nitrogens with one attached hydrogen (secondary N) is 1. The van der Waals surface area contributed by atoms with Crippen LogP contribution in [-0.4, -0.2) is 6.54 Å². The zero-order valence-corrected chi connectivity index (χ0v) is 11.9. The van der Waals surface area contributed by atoms with Crippen LogP contribution >= 0.6 is 15.9 Å². The molecule has 0 atom stereocenters. The lowest BCUT2D eigenvalue weighted by Crippen LogP contribution is -2.10. The van der Waals surface area contributed by atoms with Gasteiger partial charge in [-0.3, -0.25) is 0 Å². The van der Waals surface area contributed by atoms with Crippen molar-refractivity contribution in [1.82, 2.24) is 5.32 Å². The molecule has 3 nitrogen and oxygen atoms in total. The van der Waals surface area contributed by atoms with Gasteiger partial charge in [0.1, 0.15) is 23.9 Å². The first-order valence-electron chi connectivity index (χ1n) is 5.95. The van der Waals surface area contributed by atoms with Crippen molar-refractivity contribution in [1.29, 1.82) is 0 Å². The van der Waals surface area contributed by atoms with E-state index in [0.717, 1.165) is 34.8 Å². The van der Waals surface area contributed by atoms with Gasteiger partial charge in [-0.15, -0.1) is 0 Å². The first kappa shape index (κ1) is 13.2. The molecular weight excluding hydrogens is 294 g/mol. The highest BCUT2D eigenvalue weighted by Gasteiger charge is 2.04. The molecule has 2 rings (SSSR count). The van der Waals surface area contributed by atoms with Crippen molar-refractivity contribution in [2.45, 2.75) is 20.1 Å². The average molecular weight is 310 g/mol. The fraction of sp³-hybridized carbons (Fsp3) is 0.286. The summed E-state index contributed by atoms with van der Waals surface area (Å²) in [5, 5.41) is 3.22. The number of halogens is 1. The molecule has 0 aliphatic carbocycles. The number of benzene rings is 1. The normalized spacial score (nSPS) is 10.6. The Morgan fingerprint density at radius 2 is 1.94 bits per heavy atom. The maximum Gasteiger partial charge on any atom is 0.146 e. The molecule has 0 amide bonds. The van der Waals surface area contributed by atoms with Crippen LogP contribution in [0, 0.1) is 0 Å². The second kappa shape index (κ2) is 6.61. The van der Waals surface area contributed by atoms with Crippen molar-refractivity contribution in [2.75, 3.05) is 6.54 Å². The Morgan fingerprint density at radius 1 is 1.17 bits per heavy atom. The summed E-state index contributed by atoms with van der Waals surface area (Å²) in [6.07, 6.45) is 0. The first-order valence-corrected chi connectivity index (χ1v) is 6.74. The van der Waals surface area contributed by atoms with Gasteiger partial charge in [-0.05, 0) is 46.7 Å². The van der Waals surface area contributed by atoms with E-state index in [1.54, 1.807) is 0 Å². The minimum Gasteiger partial charge on any atom is -0.484 e. The predicted octanol–water partition coefficient (Wildman–Crippen LogP) is 3.73. The van der Waals surface area contributed by atoms with Crippen molar-refractivity contribution in [2.24, 2.45) is 0 Å². The summed E-state index contributed by atoms with van der Waals surface area (Å²) >= 11 is 3.44. The summed E-state index contributed by atoms with van der Waals surface area (Å²) in [6.45, 7) is 4.20. The van der Waals surface area contributed by atoms with Gasteiger partial charge in [0.2, 0.25) is 0 Å². The number of hydrogen-bond donors (Lipinski definition) is 1. The third-order valence-electron chi connectivity index (χ3n) is 2.47. The molecule has 96 valence electrons. The van der Waals surface area contributed by atoms with Crippen molar-refractivity contribution in [3.8, 4) is 5.75 Å². The van der Waals surface area contributed by atoms with Gasteiger partial charge in [0.15, 0.2) is 0 Å². The highest BCUT2D eigenvalue weighted by molar-refractivity contribution is 9.10. The van der Waals surface area contributed by atoms with E-state index in [9.17, 15) is 0 Å². The lowest BCUT2D eigenvalue weighted by Gasteiger charge is -2.05. The fourth-order valence-corrected chi connectivity index (χ4v) is 1.95. The molecule has 2 aromatic rings. The summed E-state index contributed by atoms with van der Waals surface area (Å²) in [5.41, 5.74) is 0. The third-order valence-corrected chi connectivity index (χ3v) is 3.13. The Hall–Kier alpha value is -1.26. The monoisotopic (exact) mass is 309 g/mol. The standard InChI is InChI=1S/C14H16BrNO2/c1-2-16-9-11-7-8-12(18-11)10-17-14-6-4-3-5-13(14)15/h3-8,16H,2,9-10H2,1H3. The van der Waals surface area contributed by atoms with Gasteiger partial charge in [-0.2, -0.15) is 0 Å². The summed E-state index contributed by atoms with van der Waals surface area (Å²) < 4.78 is 12.3. The van der Waals surface area contributed by atoms with Crippen LogP contribution in [0.1, 0.15) is 18.4 Å². The maximum absolute atomic E-state index is 5.68. The topological polar surface area (TPSA) is 34.4 Å². The van der Waals surface area contributed by atoms with Crippen molar-refractivity contribution >= 4 is 15.9 Å². The summed E-state index contributed by atoms with van der Waals surface area (Å²) in [6, 6.07) is 11.7. The number of ether oxygens (including phenoxy) is 1. The highest BCUT2D eigenvalue weighted by Crippen LogP contribution is 2.24. The molecule has 0 radical (unpaired) electrons. The van der Waals surface area contributed by atoms with Crippen LogP contribution in [0.15, 0.2) is 45.3 Å². The molecular formula is C14H16BrNO2. The molecule has 0 aliphatic rings. The van der Waals surface area contributed by atoms with E-state index in [4.69, 9.17) is 9.15 Å². The van der Waals surface area contributed by atoms with Crippen LogP contribution < -0.4 is 10.1 Å². The van der Waals surface area contributed by atoms with Crippen LogP contribution in [0.25, 0.3) is 0 Å². The Balaban J connectivity index is 1.90. The first-order chi connectivity index (χ1) is 8.79. The summed E-state index contributed by atoms with van der Waals surface area (Å²) in [4.78, 5) is 0. The average Bonchev–Trinajstić information content (AvgIpc) is 2.83. The number of para-hydroxylation sites is 1. The Kier molecular flexibility index (Phi) is 4.84. The molecule has 1 N–H and O–H groups in total. The maximum atomic E-state index is 5.68. The zero-order chi connectivity index (χ0) is 12.8. The smallest absolute Gasteiger partial charge is 0.146 e. The van der Waals surface area contributed by atoms with Crippen LogP contribution in [0.2, 0.25) is 0 Å². The number of rotatable bonds is 6. The lowest BCUT2D eigenvalue weighted by atomic mass is 10.3. The molecule has 0 unspecified atom stereocenters. The molecule has 0 saturated carbocycles. The molecule has 1 aromatic heterocycles. The predicted molar refractivity (Wildman–Crippen MR) is 74.6 cm³/mol. The Bertz CT molecular complexity index is 496. The molecule has 1 aromatic carbocycles. The Labute approximate surface area is 115 Å². The third kappa shape index (κ3) is 3.62. The largest absolute Gasteiger partial charge is 0.484 e. The molecule has 18 heavy (non-hydrogen) atoms. The Morgan fingerprint density at radius 3 is 2.72 bits per heavy atom. The molecule has 0 fully saturated rings. The molecule has 4 heteroatoms. The van der Waals surface area contributed by atoms with Crippen LogP contribution in [-0.2, 0) is 13.2 Å². The molecule has 0 bridgehead atoms. The van der Waals surface area contributed by atoms with Gasteiger partial charge in [0, 0.05) is 0 Å². The molecule has 0 aliphatic heterocycles. The van der Waals surface area contributed by atoms with Crippen molar-refractivity contribution in [3.05, 3.63) is 52.4 Å². The van der Waals surface area contributed by atoms with E-state index in [1.807, 2.05) is 36.4 Å². The molecule has 0 saturated heterocycles. The van der Waals surface area contributed by atoms with Crippen molar-refractivity contribution in [3.63, 3.8) is 0 Å². The van der Waals surface area contributed by atoms with Gasteiger partial charge in [0.25, 0.3) is 0 Å². The van der Waals surface area contributed by atoms with E-state index < -0.39 is 0 Å². The zero-order valence-electron chi connectivity index (χ0n) is 10.3. The van der Waals surface area contributed by atoms with Gasteiger partial charge in [0.05, 0.1) is 11.0 Å². The van der Waals surface area contributed by atoms with E-state index in [2.05, 4.69) is 28.2 Å². The van der Waals surface area contributed by atoms with Gasteiger partial charge in [-0.25, -0.2) is 0 Å². The van der Waals surface area contributed by atoms with Gasteiger partial charge < -0.3 is 14.5 Å². The van der Waals surface area contributed by atoms with Gasteiger partial charge >= 0.3 is 0 Å². The van der Waals surface area contributed by atoms with E-state index >= 15 is 0 Å². The number of furan rings is 1. The fourth-order valence-electron chi connectivity index (χ4n) is 1.55.